The summed E-state index contributed by atoms with van der Waals surface area (Å²) in [6.45, 7) is 6.41. The van der Waals surface area contributed by atoms with Gasteiger partial charge in [0.25, 0.3) is 0 Å². The molecule has 3 aliphatic rings. The van der Waals surface area contributed by atoms with Gasteiger partial charge in [-0.1, -0.05) is 34.9 Å². The number of anilines is 2. The van der Waals surface area contributed by atoms with Gasteiger partial charge in [-0.25, -0.2) is 0 Å². The molecule has 0 saturated carbocycles. The number of nitrogens with one attached hydrogen (secondary N) is 2. The first-order valence-electron chi connectivity index (χ1n) is 17.0. The maximum Gasteiger partial charge on any atom is 0.0741 e. The number of pyridine rings is 2. The maximum absolute atomic E-state index is 6.39. The van der Waals surface area contributed by atoms with E-state index < -0.39 is 0 Å². The van der Waals surface area contributed by atoms with Crippen LogP contribution < -0.4 is 10.6 Å². The molecule has 0 amide bonds. The van der Waals surface area contributed by atoms with Gasteiger partial charge in [0.05, 0.1) is 11.0 Å². The predicted molar refractivity (Wildman–Crippen MR) is 213 cm³/mol. The molecule has 0 radical (unpaired) electrons. The van der Waals surface area contributed by atoms with Crippen LogP contribution in [0.1, 0.15) is 80.3 Å². The van der Waals surface area contributed by atoms with Crippen LogP contribution >= 0.6 is 60.4 Å². The van der Waals surface area contributed by atoms with Crippen molar-refractivity contribution in [3.05, 3.63) is 80.6 Å². The molecule has 2 N–H and O–H groups in total. The van der Waals surface area contributed by atoms with E-state index in [0.717, 1.165) is 85.8 Å². The highest BCUT2D eigenvalue weighted by Crippen LogP contribution is 2.47. The zero-order valence-corrected chi connectivity index (χ0v) is 31.9. The summed E-state index contributed by atoms with van der Waals surface area (Å²) < 4.78 is 0. The Labute approximate surface area is 314 Å². The lowest BCUT2D eigenvalue weighted by Crippen LogP contribution is -2.26. The molecule has 2 aromatic heterocycles. The second kappa shape index (κ2) is 17.3. The fraction of sp³-hybridized carbons (Fsp3) is 0.474. The third kappa shape index (κ3) is 8.48. The number of allylic oxidation sites excluding steroid dienone is 2. The molecule has 0 spiro atoms. The number of hydrogen-bond donors (Lipinski definition) is 2. The minimum Gasteiger partial charge on any atom is -0.384 e. The van der Waals surface area contributed by atoms with Crippen LogP contribution in [0.3, 0.4) is 0 Å². The molecular formula is C38H48Cl5N5. The van der Waals surface area contributed by atoms with E-state index in [9.17, 15) is 0 Å². The quantitative estimate of drug-likeness (QED) is 0.118. The van der Waals surface area contributed by atoms with Gasteiger partial charge >= 0.3 is 0 Å². The van der Waals surface area contributed by atoms with Gasteiger partial charge in [0, 0.05) is 62.2 Å². The molecule has 4 aromatic rings. The number of fused-ring (bicyclic) bond motifs is 7. The topological polar surface area (TPSA) is 53.1 Å². The van der Waals surface area contributed by atoms with Gasteiger partial charge in [0.15, 0.2) is 0 Å². The largest absolute Gasteiger partial charge is 0.384 e. The van der Waals surface area contributed by atoms with E-state index in [1.165, 1.54) is 75.9 Å². The first-order valence-corrected chi connectivity index (χ1v) is 17.7. The molecule has 5 nitrogen and oxygen atoms in total. The molecule has 2 heterocycles. The molecule has 10 heteroatoms. The van der Waals surface area contributed by atoms with Crippen molar-refractivity contribution < 1.29 is 0 Å². The Bertz CT molecular complexity index is 1760. The van der Waals surface area contributed by atoms with Crippen molar-refractivity contribution in [2.45, 2.75) is 77.0 Å². The van der Waals surface area contributed by atoms with Gasteiger partial charge in [0.1, 0.15) is 0 Å². The summed E-state index contributed by atoms with van der Waals surface area (Å²) in [5, 5.41) is 11.6. The zero-order valence-electron chi connectivity index (χ0n) is 27.9. The second-order valence-electron chi connectivity index (χ2n) is 13.6. The lowest BCUT2D eigenvalue weighted by atomic mass is 9.71. The van der Waals surface area contributed by atoms with Crippen molar-refractivity contribution in [3.63, 3.8) is 0 Å². The number of nitrogens with zero attached hydrogens (tertiary/aromatic N) is 3. The molecule has 48 heavy (non-hydrogen) atoms. The van der Waals surface area contributed by atoms with E-state index in [1.807, 2.05) is 24.3 Å². The highest BCUT2D eigenvalue weighted by atomic mass is 35.5. The normalized spacial score (nSPS) is 17.8. The van der Waals surface area contributed by atoms with E-state index in [1.54, 1.807) is 0 Å². The lowest BCUT2D eigenvalue weighted by Gasteiger charge is -2.36. The molecule has 260 valence electrons. The van der Waals surface area contributed by atoms with Crippen LogP contribution in [0.2, 0.25) is 10.0 Å². The van der Waals surface area contributed by atoms with Crippen LogP contribution in [0, 0.1) is 5.92 Å². The van der Waals surface area contributed by atoms with Crippen molar-refractivity contribution >= 4 is 93.6 Å². The molecule has 2 aromatic carbocycles. The minimum atomic E-state index is 0. The Morgan fingerprint density at radius 3 is 2.15 bits per heavy atom. The molecule has 0 fully saturated rings. The highest BCUT2D eigenvalue weighted by Gasteiger charge is 2.33. The summed E-state index contributed by atoms with van der Waals surface area (Å²) in [7, 11) is 2.26. The zero-order chi connectivity index (χ0) is 30.9. The Kier molecular flexibility index (Phi) is 14.0. The predicted octanol–water partition coefficient (Wildman–Crippen LogP) is 10.9. The van der Waals surface area contributed by atoms with Gasteiger partial charge in [-0.15, -0.1) is 37.2 Å². The Morgan fingerprint density at radius 1 is 0.771 bits per heavy atom. The molecule has 2 bridgehead atoms. The molecule has 2 unspecified atom stereocenters. The lowest BCUT2D eigenvalue weighted by molar-refractivity contribution is 0.326. The molecular weight excluding hydrogens is 704 g/mol. The molecule has 2 atom stereocenters. The highest BCUT2D eigenvalue weighted by molar-refractivity contribution is 6.31. The first kappa shape index (κ1) is 38.8. The minimum absolute atomic E-state index is 0. The van der Waals surface area contributed by atoms with Crippen LogP contribution in [-0.4, -0.2) is 48.1 Å². The molecule has 0 saturated heterocycles. The number of hydrogen-bond acceptors (Lipinski definition) is 5. The summed E-state index contributed by atoms with van der Waals surface area (Å²) in [5.74, 6) is 1.18. The Balaban J connectivity index is 0.00000173. The molecule has 0 aliphatic heterocycles. The number of aromatic nitrogens is 2. The summed E-state index contributed by atoms with van der Waals surface area (Å²) in [4.78, 5) is 12.6. The summed E-state index contributed by atoms with van der Waals surface area (Å²) in [6.07, 6.45) is 14.0. The monoisotopic (exact) mass is 749 g/mol. The smallest absolute Gasteiger partial charge is 0.0741 e. The number of halogens is 5. The van der Waals surface area contributed by atoms with E-state index >= 15 is 0 Å². The fourth-order valence-corrected chi connectivity index (χ4v) is 8.40. The van der Waals surface area contributed by atoms with Gasteiger partial charge in [-0.05, 0) is 145 Å². The third-order valence-corrected chi connectivity index (χ3v) is 10.6. The van der Waals surface area contributed by atoms with Crippen molar-refractivity contribution in [1.82, 2.24) is 14.9 Å². The Hall–Kier alpha value is -1.99. The van der Waals surface area contributed by atoms with Crippen LogP contribution in [0.5, 0.6) is 0 Å². The Morgan fingerprint density at radius 2 is 1.40 bits per heavy atom. The summed E-state index contributed by atoms with van der Waals surface area (Å²) in [6, 6.07) is 12.3. The van der Waals surface area contributed by atoms with Crippen molar-refractivity contribution in [1.29, 1.82) is 0 Å². The summed E-state index contributed by atoms with van der Waals surface area (Å²) >= 11 is 12.7. The van der Waals surface area contributed by atoms with Gasteiger partial charge in [-0.3, -0.25) is 9.97 Å². The van der Waals surface area contributed by atoms with Gasteiger partial charge < -0.3 is 15.5 Å². The average molecular weight is 752 g/mol. The number of aryl methyl sites for hydroxylation is 1. The fourth-order valence-electron chi connectivity index (χ4n) is 8.07. The maximum atomic E-state index is 6.39. The van der Waals surface area contributed by atoms with Crippen molar-refractivity contribution in [2.24, 2.45) is 5.92 Å². The summed E-state index contributed by atoms with van der Waals surface area (Å²) in [5.41, 5.74) is 11.5. The van der Waals surface area contributed by atoms with E-state index in [4.69, 9.17) is 33.2 Å². The molecule has 7 rings (SSSR count). The average Bonchev–Trinajstić information content (AvgIpc) is 3.01. The van der Waals surface area contributed by atoms with E-state index in [0.29, 0.717) is 11.8 Å². The van der Waals surface area contributed by atoms with Crippen LogP contribution in [-0.2, 0) is 19.3 Å². The van der Waals surface area contributed by atoms with E-state index in [2.05, 4.69) is 47.7 Å². The first-order chi connectivity index (χ1) is 21.9. The third-order valence-electron chi connectivity index (χ3n) is 10.1. The van der Waals surface area contributed by atoms with Crippen LogP contribution in [0.4, 0.5) is 11.4 Å². The number of rotatable bonds is 11. The standard InChI is InChI=1S/C38H45Cl2N5.3ClH/c1-24-18-25-20-26(19-24)36-35(21-25)44-34-23-28(40)11-13-31(34)38(36)42-15-7-17-45(2)16-6-5-14-41-37-29-8-3-4-9-32(29)43-33-22-27(39)10-12-30(33)37;;;/h10-13,18,22-23,25-26H,3-9,14-17,19-21H2,1-2H3,(H,41,43)(H,42,44);3*1H. The van der Waals surface area contributed by atoms with Crippen LogP contribution in [0.15, 0.2) is 48.0 Å². The second-order valence-corrected chi connectivity index (χ2v) is 14.5. The van der Waals surface area contributed by atoms with E-state index in [-0.39, 0.29) is 37.2 Å². The van der Waals surface area contributed by atoms with Gasteiger partial charge in [-0.2, -0.15) is 0 Å². The number of unbranched alkanes of at least 4 members (excludes halogenated alkanes) is 1. The van der Waals surface area contributed by atoms with Crippen molar-refractivity contribution in [2.75, 3.05) is 43.9 Å². The van der Waals surface area contributed by atoms with Crippen molar-refractivity contribution in [3.8, 4) is 0 Å². The van der Waals surface area contributed by atoms with Crippen LogP contribution in [0.25, 0.3) is 21.8 Å². The molecule has 3 aliphatic carbocycles. The number of benzene rings is 2. The van der Waals surface area contributed by atoms with Gasteiger partial charge in [0.2, 0.25) is 0 Å². The SMILES string of the molecule is CC1=CC2Cc3nc4cc(Cl)ccc4c(NCCCN(C)CCCCNc4c5c(nc6cc(Cl)ccc46)CCCC5)c3C(C1)C2.Cl.Cl.Cl.